The maximum absolute atomic E-state index is 12.5. The number of amides is 2. The molecular formula is C17H22F3N3O2S. The lowest BCUT2D eigenvalue weighted by molar-refractivity contribution is -0.138. The van der Waals surface area contributed by atoms with Crippen LogP contribution in [0.25, 0.3) is 0 Å². The summed E-state index contributed by atoms with van der Waals surface area (Å²) >= 11 is 1.11. The molecule has 0 saturated carbocycles. The number of carbonyl (C=O) groups excluding carboxylic acids is 2. The second-order valence-corrected chi connectivity index (χ2v) is 7.49. The van der Waals surface area contributed by atoms with E-state index in [-0.39, 0.29) is 29.5 Å². The van der Waals surface area contributed by atoms with E-state index in [0.717, 1.165) is 24.0 Å². The van der Waals surface area contributed by atoms with Crippen LogP contribution in [0.5, 0.6) is 0 Å². The van der Waals surface area contributed by atoms with Crippen molar-refractivity contribution in [2.24, 2.45) is 5.92 Å². The van der Waals surface area contributed by atoms with Gasteiger partial charge in [0.2, 0.25) is 11.8 Å². The van der Waals surface area contributed by atoms with Gasteiger partial charge < -0.3 is 10.2 Å². The Labute approximate surface area is 154 Å². The number of rotatable bonds is 5. The summed E-state index contributed by atoms with van der Waals surface area (Å²) in [5, 5.41) is 3.26. The first-order chi connectivity index (χ1) is 12.2. The van der Waals surface area contributed by atoms with Crippen molar-refractivity contribution in [2.45, 2.75) is 43.9 Å². The molecule has 0 unspecified atom stereocenters. The number of likely N-dealkylation sites (tertiary alicyclic amines) is 1. The third-order valence-corrected chi connectivity index (χ3v) is 4.99. The minimum absolute atomic E-state index is 0.0235. The molecule has 1 N–H and O–H groups in total. The summed E-state index contributed by atoms with van der Waals surface area (Å²) in [5.74, 6) is -0.0400. The van der Waals surface area contributed by atoms with Gasteiger partial charge in [-0.1, -0.05) is 11.8 Å². The zero-order valence-electron chi connectivity index (χ0n) is 14.7. The number of aromatic nitrogens is 1. The van der Waals surface area contributed by atoms with Crippen molar-refractivity contribution in [1.82, 2.24) is 15.2 Å². The number of carbonyl (C=O) groups is 2. The van der Waals surface area contributed by atoms with Gasteiger partial charge in [-0.25, -0.2) is 4.98 Å². The summed E-state index contributed by atoms with van der Waals surface area (Å²) in [5.41, 5.74) is -0.810. The molecule has 1 fully saturated rings. The average molecular weight is 389 g/mol. The van der Waals surface area contributed by atoms with Crippen molar-refractivity contribution in [3.05, 3.63) is 23.9 Å². The van der Waals surface area contributed by atoms with Gasteiger partial charge in [-0.3, -0.25) is 9.59 Å². The van der Waals surface area contributed by atoms with Gasteiger partial charge in [-0.05, 0) is 38.8 Å². The topological polar surface area (TPSA) is 62.3 Å². The van der Waals surface area contributed by atoms with Gasteiger partial charge in [0, 0.05) is 31.2 Å². The molecule has 1 aliphatic heterocycles. The summed E-state index contributed by atoms with van der Waals surface area (Å²) in [4.78, 5) is 29.7. The van der Waals surface area contributed by atoms with Crippen LogP contribution in [0.3, 0.4) is 0 Å². The highest BCUT2D eigenvalue weighted by Gasteiger charge is 2.31. The van der Waals surface area contributed by atoms with Gasteiger partial charge in [-0.15, -0.1) is 0 Å². The molecular weight excluding hydrogens is 367 g/mol. The van der Waals surface area contributed by atoms with E-state index < -0.39 is 11.7 Å². The van der Waals surface area contributed by atoms with E-state index in [1.54, 1.807) is 4.90 Å². The minimum Gasteiger partial charge on any atom is -0.354 e. The Hall–Kier alpha value is -1.77. The highest BCUT2D eigenvalue weighted by atomic mass is 32.2. The summed E-state index contributed by atoms with van der Waals surface area (Å²) in [6.07, 6.45) is -2.41. The Balaban J connectivity index is 1.78. The van der Waals surface area contributed by atoms with Gasteiger partial charge in [0.1, 0.15) is 0 Å². The van der Waals surface area contributed by atoms with E-state index in [0.29, 0.717) is 31.0 Å². The van der Waals surface area contributed by atoms with Crippen molar-refractivity contribution < 1.29 is 22.8 Å². The number of halogens is 3. The Morgan fingerprint density at radius 1 is 1.31 bits per heavy atom. The number of nitrogens with zero attached hydrogens (tertiary/aromatic N) is 2. The van der Waals surface area contributed by atoms with E-state index in [1.807, 2.05) is 13.8 Å². The summed E-state index contributed by atoms with van der Waals surface area (Å²) < 4.78 is 37.5. The van der Waals surface area contributed by atoms with E-state index in [1.165, 1.54) is 6.07 Å². The van der Waals surface area contributed by atoms with Crippen LogP contribution in [-0.4, -0.2) is 46.6 Å². The van der Waals surface area contributed by atoms with Crippen LogP contribution in [0.1, 0.15) is 32.3 Å². The normalized spacial score (nSPS) is 16.0. The quantitative estimate of drug-likeness (QED) is 0.787. The molecule has 9 heteroatoms. The third-order valence-electron chi connectivity index (χ3n) is 4.06. The molecule has 0 atom stereocenters. The van der Waals surface area contributed by atoms with Gasteiger partial charge >= 0.3 is 6.18 Å². The molecule has 1 saturated heterocycles. The highest BCUT2D eigenvalue weighted by molar-refractivity contribution is 7.99. The van der Waals surface area contributed by atoms with Crippen molar-refractivity contribution >= 4 is 23.6 Å². The number of piperidine rings is 1. The fourth-order valence-corrected chi connectivity index (χ4v) is 3.40. The first kappa shape index (κ1) is 20.5. The lowest BCUT2D eigenvalue weighted by Crippen LogP contribution is -2.44. The van der Waals surface area contributed by atoms with Gasteiger partial charge in [0.25, 0.3) is 0 Å². The molecule has 0 aromatic carbocycles. The monoisotopic (exact) mass is 389 g/mol. The summed E-state index contributed by atoms with van der Waals surface area (Å²) in [7, 11) is 0. The Bertz CT molecular complexity index is 627. The molecule has 0 bridgehead atoms. The molecule has 1 aliphatic rings. The predicted molar refractivity (Wildman–Crippen MR) is 92.5 cm³/mol. The van der Waals surface area contributed by atoms with E-state index in [4.69, 9.17) is 0 Å². The third kappa shape index (κ3) is 5.89. The molecule has 2 heterocycles. The lowest BCUT2D eigenvalue weighted by Gasteiger charge is -2.31. The molecule has 1 aromatic heterocycles. The first-order valence-corrected chi connectivity index (χ1v) is 9.39. The largest absolute Gasteiger partial charge is 0.417 e. The van der Waals surface area contributed by atoms with Gasteiger partial charge in [0.05, 0.1) is 16.3 Å². The fraction of sp³-hybridized carbons (Fsp3) is 0.588. The molecule has 0 aliphatic carbocycles. The van der Waals surface area contributed by atoms with Crippen LogP contribution in [0, 0.1) is 5.92 Å². The Kier molecular flexibility index (Phi) is 6.91. The Morgan fingerprint density at radius 2 is 1.96 bits per heavy atom. The van der Waals surface area contributed by atoms with Crippen molar-refractivity contribution in [2.75, 3.05) is 18.8 Å². The standard InChI is InChI=1S/C17H22F3N3O2S/c1-11(2)22-16(25)12-5-7-23(8-6-12)15(24)10-26-14-4-3-13(9-21-14)17(18,19)20/h3-4,9,11-12H,5-8,10H2,1-2H3,(H,22,25). The zero-order chi connectivity index (χ0) is 19.3. The predicted octanol–water partition coefficient (Wildman–Crippen LogP) is 2.96. The van der Waals surface area contributed by atoms with Crippen molar-refractivity contribution in [3.63, 3.8) is 0 Å². The fourth-order valence-electron chi connectivity index (χ4n) is 2.65. The van der Waals surface area contributed by atoms with Crippen LogP contribution in [0.15, 0.2) is 23.4 Å². The second kappa shape index (κ2) is 8.75. The maximum Gasteiger partial charge on any atom is 0.417 e. The van der Waals surface area contributed by atoms with Crippen LogP contribution < -0.4 is 5.32 Å². The van der Waals surface area contributed by atoms with E-state index in [2.05, 4.69) is 10.3 Å². The zero-order valence-corrected chi connectivity index (χ0v) is 15.5. The lowest BCUT2D eigenvalue weighted by atomic mass is 9.95. The SMILES string of the molecule is CC(C)NC(=O)C1CCN(C(=O)CSc2ccc(C(F)(F)F)cn2)CC1. The first-order valence-electron chi connectivity index (χ1n) is 8.41. The van der Waals surface area contributed by atoms with E-state index in [9.17, 15) is 22.8 Å². The molecule has 5 nitrogen and oxygen atoms in total. The van der Waals surface area contributed by atoms with Gasteiger partial charge in [-0.2, -0.15) is 13.2 Å². The molecule has 1 aromatic rings. The minimum atomic E-state index is -4.42. The van der Waals surface area contributed by atoms with Gasteiger partial charge in [0.15, 0.2) is 0 Å². The maximum atomic E-state index is 12.5. The van der Waals surface area contributed by atoms with Crippen LogP contribution in [0.2, 0.25) is 0 Å². The highest BCUT2D eigenvalue weighted by Crippen LogP contribution is 2.29. The number of hydrogen-bond acceptors (Lipinski definition) is 4. The number of nitrogens with one attached hydrogen (secondary N) is 1. The van der Waals surface area contributed by atoms with Crippen LogP contribution in [-0.2, 0) is 15.8 Å². The van der Waals surface area contributed by atoms with E-state index >= 15 is 0 Å². The average Bonchev–Trinajstić information content (AvgIpc) is 2.59. The summed E-state index contributed by atoms with van der Waals surface area (Å²) in [6, 6.07) is 2.32. The van der Waals surface area contributed by atoms with Crippen molar-refractivity contribution in [3.8, 4) is 0 Å². The smallest absolute Gasteiger partial charge is 0.354 e. The number of thioether (sulfide) groups is 1. The summed E-state index contributed by atoms with van der Waals surface area (Å²) in [6.45, 7) is 4.83. The Morgan fingerprint density at radius 3 is 2.46 bits per heavy atom. The molecule has 2 amide bonds. The molecule has 144 valence electrons. The molecule has 26 heavy (non-hydrogen) atoms. The number of pyridine rings is 1. The molecule has 0 spiro atoms. The molecule has 2 rings (SSSR count). The second-order valence-electron chi connectivity index (χ2n) is 6.49. The van der Waals surface area contributed by atoms with Crippen LogP contribution in [0.4, 0.5) is 13.2 Å². The van der Waals surface area contributed by atoms with Crippen molar-refractivity contribution in [1.29, 1.82) is 0 Å². The van der Waals surface area contributed by atoms with Crippen LogP contribution >= 0.6 is 11.8 Å². The number of hydrogen-bond donors (Lipinski definition) is 1. The molecule has 0 radical (unpaired) electrons. The number of alkyl halides is 3.